The van der Waals surface area contributed by atoms with Gasteiger partial charge in [0.15, 0.2) is 0 Å². The van der Waals surface area contributed by atoms with E-state index in [1.165, 1.54) is 51.2 Å². The molecule has 0 aromatic rings. The van der Waals surface area contributed by atoms with Crippen molar-refractivity contribution < 1.29 is 4.79 Å². The molecule has 15 heavy (non-hydrogen) atoms. The van der Waals surface area contributed by atoms with Gasteiger partial charge in [0.1, 0.15) is 6.29 Å². The van der Waals surface area contributed by atoms with Gasteiger partial charge in [-0.2, -0.15) is 0 Å². The Balaban J connectivity index is 1.89. The zero-order valence-corrected chi connectivity index (χ0v) is 9.32. The van der Waals surface area contributed by atoms with Crippen LogP contribution in [0.1, 0.15) is 44.9 Å². The zero-order valence-electron chi connectivity index (χ0n) is 9.32. The second kappa shape index (κ2) is 3.47. The summed E-state index contributed by atoms with van der Waals surface area (Å²) in [4.78, 5) is 11.6. The average molecular weight is 204 g/mol. The van der Waals surface area contributed by atoms with Crippen molar-refractivity contribution in [1.82, 2.24) is 0 Å². The number of carbonyl (C=O) groups excluding carboxylic acids is 1. The van der Waals surface area contributed by atoms with Gasteiger partial charge in [-0.15, -0.1) is 0 Å². The van der Waals surface area contributed by atoms with Gasteiger partial charge >= 0.3 is 0 Å². The number of hydrogen-bond acceptors (Lipinski definition) is 1. The van der Waals surface area contributed by atoms with Crippen LogP contribution >= 0.6 is 0 Å². The molecule has 2 fully saturated rings. The fourth-order valence-electron chi connectivity index (χ4n) is 4.36. The minimum Gasteiger partial charge on any atom is -0.303 e. The first-order valence-corrected chi connectivity index (χ1v) is 6.48. The van der Waals surface area contributed by atoms with E-state index < -0.39 is 0 Å². The van der Waals surface area contributed by atoms with Crippen molar-refractivity contribution in [2.75, 3.05) is 0 Å². The van der Waals surface area contributed by atoms with Crippen molar-refractivity contribution >= 4 is 6.29 Å². The van der Waals surface area contributed by atoms with Crippen LogP contribution in [-0.2, 0) is 4.79 Å². The maximum atomic E-state index is 11.6. The van der Waals surface area contributed by atoms with Gasteiger partial charge < -0.3 is 4.79 Å². The molecule has 82 valence electrons. The molecule has 0 aromatic carbocycles. The number of carbonyl (C=O) groups is 1. The second-order valence-electron chi connectivity index (χ2n) is 5.78. The van der Waals surface area contributed by atoms with Gasteiger partial charge in [-0.05, 0) is 56.3 Å². The Morgan fingerprint density at radius 2 is 2.20 bits per heavy atom. The largest absolute Gasteiger partial charge is 0.303 e. The van der Waals surface area contributed by atoms with Crippen molar-refractivity contribution in [3.05, 3.63) is 12.2 Å². The first-order valence-electron chi connectivity index (χ1n) is 6.48. The molecule has 0 aliphatic heterocycles. The highest BCUT2D eigenvalue weighted by Crippen LogP contribution is 2.59. The molecule has 0 saturated heterocycles. The normalized spacial score (nSPS) is 48.4. The molecule has 3 rings (SSSR count). The molecular weight excluding hydrogens is 184 g/mol. The second-order valence-corrected chi connectivity index (χ2v) is 5.78. The zero-order chi connectivity index (χ0) is 10.3. The Morgan fingerprint density at radius 1 is 1.27 bits per heavy atom. The van der Waals surface area contributed by atoms with E-state index in [4.69, 9.17) is 0 Å². The molecule has 3 aliphatic carbocycles. The van der Waals surface area contributed by atoms with Gasteiger partial charge in [-0.25, -0.2) is 0 Å². The van der Waals surface area contributed by atoms with Crippen molar-refractivity contribution in [1.29, 1.82) is 0 Å². The molecule has 0 spiro atoms. The first-order chi connectivity index (χ1) is 7.35. The number of allylic oxidation sites excluding steroid dienone is 2. The smallest absolute Gasteiger partial charge is 0.127 e. The minimum absolute atomic E-state index is 0.0554. The number of hydrogen-bond donors (Lipinski definition) is 0. The van der Waals surface area contributed by atoms with Crippen LogP contribution in [0.4, 0.5) is 0 Å². The average Bonchev–Trinajstić information content (AvgIpc) is 2.90. The lowest BCUT2D eigenvalue weighted by atomic mass is 9.63. The lowest BCUT2D eigenvalue weighted by Crippen LogP contribution is -2.37. The highest BCUT2D eigenvalue weighted by Gasteiger charge is 2.54. The third kappa shape index (κ3) is 1.32. The summed E-state index contributed by atoms with van der Waals surface area (Å²) < 4.78 is 0. The van der Waals surface area contributed by atoms with Crippen molar-refractivity contribution in [2.45, 2.75) is 44.9 Å². The Labute approximate surface area is 91.9 Å². The molecule has 0 amide bonds. The summed E-state index contributed by atoms with van der Waals surface area (Å²) in [6, 6.07) is 0. The van der Waals surface area contributed by atoms with Crippen LogP contribution in [0.25, 0.3) is 0 Å². The van der Waals surface area contributed by atoms with Crippen LogP contribution in [0.5, 0.6) is 0 Å². The lowest BCUT2D eigenvalue weighted by Gasteiger charge is -2.39. The Kier molecular flexibility index (Phi) is 2.22. The number of rotatable bonds is 2. The van der Waals surface area contributed by atoms with Gasteiger partial charge in [0.25, 0.3) is 0 Å². The van der Waals surface area contributed by atoms with Crippen molar-refractivity contribution in [3.63, 3.8) is 0 Å². The van der Waals surface area contributed by atoms with Crippen LogP contribution in [0.3, 0.4) is 0 Å². The maximum absolute atomic E-state index is 11.6. The predicted octanol–water partition coefficient (Wildman–Crippen LogP) is 3.35. The third-order valence-corrected chi connectivity index (χ3v) is 5.11. The molecule has 0 aromatic heterocycles. The molecular formula is C14H20O. The summed E-state index contributed by atoms with van der Waals surface area (Å²) in [5.74, 6) is 2.15. The summed E-state index contributed by atoms with van der Waals surface area (Å²) in [6.45, 7) is 0. The highest BCUT2D eigenvalue weighted by atomic mass is 16.1. The third-order valence-electron chi connectivity index (χ3n) is 5.11. The van der Waals surface area contributed by atoms with Gasteiger partial charge in [0.05, 0.1) is 0 Å². The molecule has 1 heteroatoms. The standard InChI is InChI=1S/C14H20O/c15-10-14(12-4-2-1-3-5-12)9-11-6-7-13(14)8-11/h2,4,10-13H,1,3,5-9H2. The van der Waals surface area contributed by atoms with Gasteiger partial charge in [-0.1, -0.05) is 18.6 Å². The minimum atomic E-state index is 0.0554. The number of fused-ring (bicyclic) bond motifs is 2. The van der Waals surface area contributed by atoms with E-state index in [1.54, 1.807) is 0 Å². The molecule has 2 bridgehead atoms. The molecule has 2 saturated carbocycles. The SMILES string of the molecule is O=CC1(C2C=CCCC2)CC2CCC1C2. The Bertz CT molecular complexity index is 294. The molecule has 3 aliphatic rings. The van der Waals surface area contributed by atoms with E-state index in [1.807, 2.05) is 0 Å². The first kappa shape index (κ1) is 9.62. The van der Waals surface area contributed by atoms with E-state index in [9.17, 15) is 4.79 Å². The fourth-order valence-corrected chi connectivity index (χ4v) is 4.36. The molecule has 1 nitrogen and oxygen atoms in total. The van der Waals surface area contributed by atoms with Crippen molar-refractivity contribution in [2.24, 2.45) is 23.2 Å². The molecule has 0 heterocycles. The van der Waals surface area contributed by atoms with Gasteiger partial charge in [0, 0.05) is 5.41 Å². The number of aldehydes is 1. The van der Waals surface area contributed by atoms with Crippen LogP contribution in [0.2, 0.25) is 0 Å². The molecule has 0 N–H and O–H groups in total. The van der Waals surface area contributed by atoms with E-state index in [2.05, 4.69) is 12.2 Å². The quantitative estimate of drug-likeness (QED) is 0.498. The Morgan fingerprint density at radius 3 is 2.73 bits per heavy atom. The highest BCUT2D eigenvalue weighted by molar-refractivity contribution is 5.62. The molecule has 0 radical (unpaired) electrons. The predicted molar refractivity (Wildman–Crippen MR) is 60.4 cm³/mol. The van der Waals surface area contributed by atoms with E-state index in [0.29, 0.717) is 11.8 Å². The fraction of sp³-hybridized carbons (Fsp3) is 0.786. The Hall–Kier alpha value is -0.590. The van der Waals surface area contributed by atoms with E-state index in [0.717, 1.165) is 5.92 Å². The maximum Gasteiger partial charge on any atom is 0.127 e. The van der Waals surface area contributed by atoms with E-state index in [-0.39, 0.29) is 5.41 Å². The van der Waals surface area contributed by atoms with Crippen LogP contribution in [-0.4, -0.2) is 6.29 Å². The summed E-state index contributed by atoms with van der Waals surface area (Å²) in [7, 11) is 0. The van der Waals surface area contributed by atoms with Gasteiger partial charge in [-0.3, -0.25) is 0 Å². The summed E-state index contributed by atoms with van der Waals surface area (Å²) >= 11 is 0. The summed E-state index contributed by atoms with van der Waals surface area (Å²) in [6.07, 6.45) is 15.0. The summed E-state index contributed by atoms with van der Waals surface area (Å²) in [5, 5.41) is 0. The molecule has 4 unspecified atom stereocenters. The monoisotopic (exact) mass is 204 g/mol. The van der Waals surface area contributed by atoms with Gasteiger partial charge in [0.2, 0.25) is 0 Å². The summed E-state index contributed by atoms with van der Waals surface area (Å²) in [5.41, 5.74) is 0.0554. The van der Waals surface area contributed by atoms with Crippen molar-refractivity contribution in [3.8, 4) is 0 Å². The topological polar surface area (TPSA) is 17.1 Å². The van der Waals surface area contributed by atoms with Crippen LogP contribution in [0.15, 0.2) is 12.2 Å². The van der Waals surface area contributed by atoms with Crippen LogP contribution < -0.4 is 0 Å². The van der Waals surface area contributed by atoms with E-state index >= 15 is 0 Å². The van der Waals surface area contributed by atoms with Crippen LogP contribution in [0, 0.1) is 23.2 Å². The molecule has 4 atom stereocenters. The lowest BCUT2D eigenvalue weighted by molar-refractivity contribution is -0.121.